The third-order valence-electron chi connectivity index (χ3n) is 1.91. The molecule has 0 N–H and O–H groups in total. The van der Waals surface area contributed by atoms with Crippen LogP contribution in [0.3, 0.4) is 0 Å². The predicted octanol–water partition coefficient (Wildman–Crippen LogP) is 2.46. The van der Waals surface area contributed by atoms with Crippen molar-refractivity contribution in [3.05, 3.63) is 36.7 Å². The van der Waals surface area contributed by atoms with Gasteiger partial charge in [0.25, 0.3) is 0 Å². The Bertz CT molecular complexity index is 358. The molecule has 0 saturated heterocycles. The maximum atomic E-state index is 11.9. The minimum atomic E-state index is -2.38. The number of ether oxygens (including phenoxy) is 1. The number of methoxy groups -OCH3 is 1. The van der Waals surface area contributed by atoms with Crippen LogP contribution in [0.25, 0.3) is 0 Å². The Morgan fingerprint density at radius 1 is 1.54 bits per heavy atom. The molecule has 1 atom stereocenters. The van der Waals surface area contributed by atoms with Gasteiger partial charge in [0.2, 0.25) is 0 Å². The molecule has 70 valence electrons. The van der Waals surface area contributed by atoms with E-state index in [0.717, 1.165) is 11.1 Å². The molecule has 1 rings (SSSR count). The maximum Gasteiger partial charge on any atom is 0.133 e. The monoisotopic (exact) mass is 196 g/mol. The Morgan fingerprint density at radius 2 is 2.23 bits per heavy atom. The lowest BCUT2D eigenvalue weighted by Gasteiger charge is -2.08. The summed E-state index contributed by atoms with van der Waals surface area (Å²) in [6, 6.07) is 7.26. The van der Waals surface area contributed by atoms with Crippen molar-refractivity contribution < 1.29 is 9.30 Å². The van der Waals surface area contributed by atoms with E-state index in [9.17, 15) is 4.57 Å². The van der Waals surface area contributed by atoms with E-state index in [2.05, 4.69) is 6.58 Å². The van der Waals surface area contributed by atoms with Gasteiger partial charge in [0, 0.05) is 5.30 Å². The van der Waals surface area contributed by atoms with E-state index in [4.69, 9.17) is 4.74 Å². The molecule has 1 aromatic rings. The van der Waals surface area contributed by atoms with Crippen molar-refractivity contribution >= 4 is 12.4 Å². The molecular weight excluding hydrogens is 183 g/mol. The molecule has 0 heterocycles. The molecule has 0 saturated carbocycles. The zero-order valence-corrected chi connectivity index (χ0v) is 8.75. The van der Waals surface area contributed by atoms with Gasteiger partial charge in [-0.1, -0.05) is 18.7 Å². The van der Waals surface area contributed by atoms with Crippen LogP contribution in [-0.2, 0) is 4.57 Å². The van der Waals surface area contributed by atoms with E-state index < -0.39 is 7.14 Å². The van der Waals surface area contributed by atoms with Gasteiger partial charge in [-0.05, 0) is 24.6 Å². The van der Waals surface area contributed by atoms with Crippen LogP contribution >= 0.6 is 7.14 Å². The highest BCUT2D eigenvalue weighted by molar-refractivity contribution is 7.73. The van der Waals surface area contributed by atoms with Crippen LogP contribution in [0.1, 0.15) is 0 Å². The molecule has 1 aromatic carbocycles. The zero-order chi connectivity index (χ0) is 9.90. The number of benzene rings is 1. The molecule has 0 bridgehead atoms. The van der Waals surface area contributed by atoms with Crippen molar-refractivity contribution in [2.24, 2.45) is 0 Å². The second kappa shape index (κ2) is 3.80. The van der Waals surface area contributed by atoms with Crippen molar-refractivity contribution in [2.75, 3.05) is 13.8 Å². The molecule has 2 nitrogen and oxygen atoms in total. The Morgan fingerprint density at radius 3 is 2.77 bits per heavy atom. The van der Waals surface area contributed by atoms with E-state index >= 15 is 0 Å². The highest BCUT2D eigenvalue weighted by Gasteiger charge is 2.13. The molecule has 0 radical (unpaired) electrons. The Balaban J connectivity index is 3.16. The van der Waals surface area contributed by atoms with Gasteiger partial charge < -0.3 is 9.30 Å². The molecule has 0 fully saturated rings. The lowest BCUT2D eigenvalue weighted by molar-refractivity contribution is 0.415. The molecule has 0 spiro atoms. The summed E-state index contributed by atoms with van der Waals surface area (Å²) in [6.07, 6.45) is 0. The summed E-state index contributed by atoms with van der Waals surface area (Å²) < 4.78 is 16.9. The maximum absolute atomic E-state index is 11.9. The molecule has 3 heteroatoms. The average Bonchev–Trinajstić information content (AvgIpc) is 2.18. The Hall–Kier alpha value is -1.01. The van der Waals surface area contributed by atoms with E-state index in [1.165, 1.54) is 5.82 Å². The summed E-state index contributed by atoms with van der Waals surface area (Å²) in [6.45, 7) is 5.25. The van der Waals surface area contributed by atoms with E-state index in [0.29, 0.717) is 0 Å². The van der Waals surface area contributed by atoms with Gasteiger partial charge in [-0.15, -0.1) is 0 Å². The van der Waals surface area contributed by atoms with E-state index in [1.807, 2.05) is 18.2 Å². The van der Waals surface area contributed by atoms with Crippen LogP contribution < -0.4 is 10.0 Å². The van der Waals surface area contributed by atoms with E-state index in [1.54, 1.807) is 19.8 Å². The van der Waals surface area contributed by atoms with Crippen LogP contribution in [0.2, 0.25) is 0 Å². The summed E-state index contributed by atoms with van der Waals surface area (Å²) in [5.41, 5.74) is 0. The third-order valence-corrected chi connectivity index (χ3v) is 3.91. The van der Waals surface area contributed by atoms with Crippen LogP contribution in [0.4, 0.5) is 0 Å². The second-order valence-electron chi connectivity index (χ2n) is 2.87. The normalized spacial score (nSPS) is 14.6. The minimum absolute atomic E-state index is 0.724. The number of hydrogen-bond donors (Lipinski definition) is 0. The van der Waals surface area contributed by atoms with Gasteiger partial charge in [-0.2, -0.15) is 0 Å². The Kier molecular flexibility index (Phi) is 2.94. The lowest BCUT2D eigenvalue weighted by Crippen LogP contribution is -2.01. The standard InChI is InChI=1S/C10H13O2P/c1-4-13(3,11)10-7-5-6-9(8-10)12-2/h4-8H,1H2,2-3H3/t13-/m1/s1. The molecule has 0 amide bonds. The van der Waals surface area contributed by atoms with Gasteiger partial charge in [0.1, 0.15) is 12.9 Å². The van der Waals surface area contributed by atoms with Gasteiger partial charge in [-0.3, -0.25) is 0 Å². The summed E-state index contributed by atoms with van der Waals surface area (Å²) in [4.78, 5) is 0. The van der Waals surface area contributed by atoms with Crippen LogP contribution in [-0.4, -0.2) is 13.8 Å². The molecule has 0 aromatic heterocycles. The fourth-order valence-electron chi connectivity index (χ4n) is 0.992. The molecular formula is C10H13O2P. The Labute approximate surface area is 78.6 Å². The summed E-state index contributed by atoms with van der Waals surface area (Å²) >= 11 is 0. The smallest absolute Gasteiger partial charge is 0.133 e. The largest absolute Gasteiger partial charge is 0.497 e. The first kappa shape index (κ1) is 10.1. The van der Waals surface area contributed by atoms with Crippen molar-refractivity contribution in [1.29, 1.82) is 0 Å². The fraction of sp³-hybridized carbons (Fsp3) is 0.200. The average molecular weight is 196 g/mol. The van der Waals surface area contributed by atoms with E-state index in [-0.39, 0.29) is 0 Å². The summed E-state index contributed by atoms with van der Waals surface area (Å²) in [5.74, 6) is 2.23. The molecule has 0 aliphatic carbocycles. The lowest BCUT2D eigenvalue weighted by atomic mass is 10.3. The van der Waals surface area contributed by atoms with Gasteiger partial charge in [-0.25, -0.2) is 0 Å². The first-order valence-electron chi connectivity index (χ1n) is 3.95. The minimum Gasteiger partial charge on any atom is -0.497 e. The topological polar surface area (TPSA) is 26.3 Å². The van der Waals surface area contributed by atoms with Crippen LogP contribution in [0.5, 0.6) is 5.75 Å². The molecule has 0 unspecified atom stereocenters. The molecule has 0 aliphatic heterocycles. The third kappa shape index (κ3) is 2.22. The van der Waals surface area contributed by atoms with Gasteiger partial charge in [0.05, 0.1) is 7.11 Å². The summed E-state index contributed by atoms with van der Waals surface area (Å²) in [7, 11) is -0.791. The second-order valence-corrected chi connectivity index (χ2v) is 5.74. The van der Waals surface area contributed by atoms with Crippen molar-refractivity contribution in [1.82, 2.24) is 0 Å². The van der Waals surface area contributed by atoms with Crippen LogP contribution in [0, 0.1) is 0 Å². The first-order chi connectivity index (χ1) is 6.10. The van der Waals surface area contributed by atoms with Crippen molar-refractivity contribution in [3.8, 4) is 5.75 Å². The summed E-state index contributed by atoms with van der Waals surface area (Å²) in [5, 5.41) is 0.779. The highest BCUT2D eigenvalue weighted by Crippen LogP contribution is 2.41. The van der Waals surface area contributed by atoms with Gasteiger partial charge in [0.15, 0.2) is 0 Å². The molecule has 13 heavy (non-hydrogen) atoms. The first-order valence-corrected chi connectivity index (χ1v) is 6.18. The van der Waals surface area contributed by atoms with Crippen molar-refractivity contribution in [3.63, 3.8) is 0 Å². The number of hydrogen-bond acceptors (Lipinski definition) is 2. The quantitative estimate of drug-likeness (QED) is 0.694. The van der Waals surface area contributed by atoms with Crippen molar-refractivity contribution in [2.45, 2.75) is 0 Å². The van der Waals surface area contributed by atoms with Crippen LogP contribution in [0.15, 0.2) is 36.7 Å². The predicted molar refractivity (Wildman–Crippen MR) is 56.4 cm³/mol. The number of rotatable bonds is 3. The molecule has 0 aliphatic rings. The SMILES string of the molecule is C=C[P@@](C)(=O)c1cccc(OC)c1. The zero-order valence-electron chi connectivity index (χ0n) is 7.86. The highest BCUT2D eigenvalue weighted by atomic mass is 31.2. The fourth-order valence-corrected chi connectivity index (χ4v) is 1.97. The van der Waals surface area contributed by atoms with Gasteiger partial charge >= 0.3 is 0 Å².